The number of nitro benzene ring substituents is 1. The Labute approximate surface area is 120 Å². The number of non-ortho nitro benzene ring substituents is 1. The quantitative estimate of drug-likeness (QED) is 0.435. The molecule has 7 nitrogen and oxygen atoms in total. The molecule has 20 heavy (non-hydrogen) atoms. The summed E-state index contributed by atoms with van der Waals surface area (Å²) in [6, 6.07) is 2.12. The highest BCUT2D eigenvalue weighted by Gasteiger charge is 2.19. The first-order chi connectivity index (χ1) is 9.47. The Bertz CT molecular complexity index is 507. The van der Waals surface area contributed by atoms with Crippen molar-refractivity contribution in [2.45, 2.75) is 12.8 Å². The maximum absolute atomic E-state index is 11.1. The molecule has 1 aromatic carbocycles. The summed E-state index contributed by atoms with van der Waals surface area (Å²) >= 11 is 5.91. The van der Waals surface area contributed by atoms with E-state index in [2.05, 4.69) is 5.32 Å². The fourth-order valence-corrected chi connectivity index (χ4v) is 1.91. The Balaban J connectivity index is 2.88. The van der Waals surface area contributed by atoms with Gasteiger partial charge in [-0.1, -0.05) is 11.6 Å². The third-order valence-corrected chi connectivity index (χ3v) is 2.89. The van der Waals surface area contributed by atoms with Crippen LogP contribution < -0.4 is 5.32 Å². The second-order valence-electron chi connectivity index (χ2n) is 4.04. The zero-order valence-electron chi connectivity index (χ0n) is 10.9. The number of anilines is 1. The average Bonchev–Trinajstić information content (AvgIpc) is 2.39. The van der Waals surface area contributed by atoms with Crippen LogP contribution >= 0.6 is 11.6 Å². The number of carboxylic acids is 1. The molecule has 0 atom stereocenters. The lowest BCUT2D eigenvalue weighted by Crippen LogP contribution is -2.09. The zero-order chi connectivity index (χ0) is 15.1. The van der Waals surface area contributed by atoms with Crippen LogP contribution in [0.1, 0.15) is 23.2 Å². The predicted octanol–water partition coefficient (Wildman–Crippen LogP) is 2.78. The molecule has 0 amide bonds. The number of unbranched alkanes of at least 4 members (excludes halogenated alkanes) is 1. The fraction of sp³-hybridized carbons (Fsp3) is 0.417. The Morgan fingerprint density at radius 2 is 2.20 bits per heavy atom. The molecule has 0 aromatic heterocycles. The topological polar surface area (TPSA) is 102 Å². The highest BCUT2D eigenvalue weighted by atomic mass is 35.5. The number of carbonyl (C=O) groups is 1. The van der Waals surface area contributed by atoms with E-state index < -0.39 is 10.9 Å². The number of carboxylic acid groups (broad SMARTS) is 1. The Hall–Kier alpha value is -1.86. The third kappa shape index (κ3) is 4.36. The number of nitrogens with zero attached hydrogens (tertiary/aromatic N) is 1. The number of methoxy groups -OCH3 is 1. The second kappa shape index (κ2) is 7.66. The van der Waals surface area contributed by atoms with Crippen LogP contribution in [0.3, 0.4) is 0 Å². The van der Waals surface area contributed by atoms with Gasteiger partial charge in [0.05, 0.1) is 21.2 Å². The molecule has 0 saturated heterocycles. The molecule has 1 aromatic rings. The smallest absolute Gasteiger partial charge is 0.338 e. The summed E-state index contributed by atoms with van der Waals surface area (Å²) in [5.74, 6) is -1.27. The van der Waals surface area contributed by atoms with Gasteiger partial charge in [-0.25, -0.2) is 4.79 Å². The third-order valence-electron chi connectivity index (χ3n) is 2.59. The minimum absolute atomic E-state index is 0.0170. The highest BCUT2D eigenvalue weighted by Crippen LogP contribution is 2.31. The number of benzene rings is 1. The van der Waals surface area contributed by atoms with E-state index >= 15 is 0 Å². The normalized spacial score (nSPS) is 10.3. The summed E-state index contributed by atoms with van der Waals surface area (Å²) in [5, 5.41) is 22.7. The predicted molar refractivity (Wildman–Crippen MR) is 74.7 cm³/mol. The minimum Gasteiger partial charge on any atom is -0.478 e. The largest absolute Gasteiger partial charge is 0.478 e. The van der Waals surface area contributed by atoms with Gasteiger partial charge in [0, 0.05) is 32.4 Å². The van der Waals surface area contributed by atoms with Gasteiger partial charge >= 0.3 is 5.97 Å². The molecule has 0 radical (unpaired) electrons. The first-order valence-electron chi connectivity index (χ1n) is 5.91. The van der Waals surface area contributed by atoms with Gasteiger partial charge in [0.1, 0.15) is 0 Å². The number of hydrogen-bond acceptors (Lipinski definition) is 5. The van der Waals surface area contributed by atoms with E-state index in [0.717, 1.165) is 25.0 Å². The molecule has 0 fully saturated rings. The fourth-order valence-electron chi connectivity index (χ4n) is 1.63. The average molecular weight is 303 g/mol. The number of rotatable bonds is 8. The van der Waals surface area contributed by atoms with Crippen molar-refractivity contribution in [1.82, 2.24) is 0 Å². The van der Waals surface area contributed by atoms with Crippen LogP contribution in [0.15, 0.2) is 12.1 Å². The monoisotopic (exact) mass is 302 g/mol. The molecule has 0 heterocycles. The van der Waals surface area contributed by atoms with Crippen molar-refractivity contribution < 1.29 is 19.6 Å². The molecule has 0 spiro atoms. The molecule has 2 N–H and O–H groups in total. The van der Waals surface area contributed by atoms with E-state index in [4.69, 9.17) is 21.4 Å². The molecule has 0 aliphatic heterocycles. The first kappa shape index (κ1) is 16.2. The molecular formula is C12H15ClN2O5. The zero-order valence-corrected chi connectivity index (χ0v) is 11.6. The Morgan fingerprint density at radius 3 is 2.75 bits per heavy atom. The van der Waals surface area contributed by atoms with Gasteiger partial charge in [-0.05, 0) is 12.8 Å². The number of nitrogens with one attached hydrogen (secondary N) is 1. The molecule has 0 unspecified atom stereocenters. The number of nitro groups is 1. The number of aromatic carboxylic acids is 1. The Kier molecular flexibility index (Phi) is 6.20. The van der Waals surface area contributed by atoms with Gasteiger partial charge in [0.15, 0.2) is 0 Å². The lowest BCUT2D eigenvalue weighted by molar-refractivity contribution is -0.384. The van der Waals surface area contributed by atoms with E-state index in [0.29, 0.717) is 13.2 Å². The van der Waals surface area contributed by atoms with Crippen LogP contribution in [0.2, 0.25) is 5.02 Å². The van der Waals surface area contributed by atoms with Crippen molar-refractivity contribution in [3.05, 3.63) is 32.8 Å². The lowest BCUT2D eigenvalue weighted by atomic mass is 10.1. The lowest BCUT2D eigenvalue weighted by Gasteiger charge is -2.11. The van der Waals surface area contributed by atoms with Crippen LogP contribution in [0, 0.1) is 10.1 Å². The summed E-state index contributed by atoms with van der Waals surface area (Å²) in [4.78, 5) is 21.2. The molecule has 0 aliphatic carbocycles. The van der Waals surface area contributed by atoms with Crippen molar-refractivity contribution in [3.8, 4) is 0 Å². The van der Waals surface area contributed by atoms with E-state index in [9.17, 15) is 14.9 Å². The van der Waals surface area contributed by atoms with Crippen LogP contribution in [0.4, 0.5) is 11.4 Å². The second-order valence-corrected chi connectivity index (χ2v) is 4.45. The van der Waals surface area contributed by atoms with Crippen molar-refractivity contribution in [1.29, 1.82) is 0 Å². The highest BCUT2D eigenvalue weighted by molar-refractivity contribution is 6.34. The van der Waals surface area contributed by atoms with Gasteiger partial charge in [0.25, 0.3) is 5.69 Å². The molecule has 1 rings (SSSR count). The molecule has 110 valence electrons. The van der Waals surface area contributed by atoms with Crippen LogP contribution in [-0.2, 0) is 4.74 Å². The minimum atomic E-state index is -1.27. The van der Waals surface area contributed by atoms with E-state index in [1.807, 2.05) is 0 Å². The molecule has 8 heteroatoms. The molecular weight excluding hydrogens is 288 g/mol. The maximum Gasteiger partial charge on any atom is 0.338 e. The molecule has 0 bridgehead atoms. The summed E-state index contributed by atoms with van der Waals surface area (Å²) in [6.45, 7) is 1.11. The number of halogens is 1. The first-order valence-corrected chi connectivity index (χ1v) is 6.29. The summed E-state index contributed by atoms with van der Waals surface area (Å²) in [5.41, 5.74) is -0.365. The van der Waals surface area contributed by atoms with E-state index in [1.54, 1.807) is 7.11 Å². The van der Waals surface area contributed by atoms with Crippen molar-refractivity contribution in [2.24, 2.45) is 0 Å². The van der Waals surface area contributed by atoms with E-state index in [1.165, 1.54) is 0 Å². The standard InChI is InChI=1S/C12H15ClN2O5/c1-20-5-3-2-4-14-11-9(12(16)17)6-8(15(18)19)7-10(11)13/h6-7,14H,2-5H2,1H3,(H,16,17). The summed E-state index contributed by atoms with van der Waals surface area (Å²) in [7, 11) is 1.60. The van der Waals surface area contributed by atoms with Gasteiger partial charge < -0.3 is 15.2 Å². The van der Waals surface area contributed by atoms with Gasteiger partial charge in [0.2, 0.25) is 0 Å². The van der Waals surface area contributed by atoms with Gasteiger partial charge in [-0.15, -0.1) is 0 Å². The molecule has 0 saturated carbocycles. The summed E-state index contributed by atoms with van der Waals surface area (Å²) < 4.78 is 4.90. The summed E-state index contributed by atoms with van der Waals surface area (Å²) in [6.07, 6.45) is 1.58. The van der Waals surface area contributed by atoms with E-state index in [-0.39, 0.29) is 22.0 Å². The number of ether oxygens (including phenoxy) is 1. The number of hydrogen-bond donors (Lipinski definition) is 2. The van der Waals surface area contributed by atoms with Crippen molar-refractivity contribution in [3.63, 3.8) is 0 Å². The van der Waals surface area contributed by atoms with Crippen LogP contribution in [0.5, 0.6) is 0 Å². The molecule has 0 aliphatic rings. The van der Waals surface area contributed by atoms with Crippen molar-refractivity contribution >= 4 is 28.9 Å². The van der Waals surface area contributed by atoms with Crippen LogP contribution in [-0.4, -0.2) is 36.3 Å². The van der Waals surface area contributed by atoms with Crippen LogP contribution in [0.25, 0.3) is 0 Å². The van der Waals surface area contributed by atoms with Gasteiger partial charge in [-0.2, -0.15) is 0 Å². The SMILES string of the molecule is COCCCCNc1c(Cl)cc([N+](=O)[O-])cc1C(=O)O. The van der Waals surface area contributed by atoms with Crippen molar-refractivity contribution in [2.75, 3.05) is 25.6 Å². The maximum atomic E-state index is 11.1. The Morgan fingerprint density at radius 1 is 1.50 bits per heavy atom. The van der Waals surface area contributed by atoms with Gasteiger partial charge in [-0.3, -0.25) is 10.1 Å².